The van der Waals surface area contributed by atoms with Gasteiger partial charge in [0, 0.05) is 0 Å². The van der Waals surface area contributed by atoms with Crippen molar-refractivity contribution >= 4 is 59.1 Å². The van der Waals surface area contributed by atoms with E-state index in [1.165, 1.54) is 36.4 Å². The number of nitrogens with zero attached hydrogens (tertiary/aromatic N) is 2. The monoisotopic (exact) mass is 428 g/mol. The van der Waals surface area contributed by atoms with Crippen LogP contribution in [0.4, 0.5) is 0 Å². The number of benzene rings is 2. The van der Waals surface area contributed by atoms with Crippen molar-refractivity contribution in [3.05, 3.63) is 36.4 Å². The van der Waals surface area contributed by atoms with Crippen LogP contribution in [0.5, 0.6) is 0 Å². The quantitative estimate of drug-likeness (QED) is 0.269. The molecule has 114 valence electrons. The topological polar surface area (TPSA) is 141 Å². The average Bonchev–Trinajstić information content (AvgIpc) is 2.41. The average molecular weight is 428 g/mol. The fraction of sp³-hybridized carbons (Fsp3) is 0. The van der Waals surface area contributed by atoms with Crippen molar-refractivity contribution < 1.29 is 23.9 Å². The molecular weight excluding hydrogens is 418 g/mol. The van der Waals surface area contributed by atoms with Gasteiger partial charge in [-0.25, -0.2) is 0 Å². The van der Waals surface area contributed by atoms with Gasteiger partial charge in [-0.3, -0.25) is 0 Å². The Morgan fingerprint density at radius 1 is 0.636 bits per heavy atom. The van der Waals surface area contributed by atoms with Gasteiger partial charge in [0.1, 0.15) is 0 Å². The van der Waals surface area contributed by atoms with E-state index in [9.17, 15) is 23.9 Å². The minimum absolute atomic E-state index is 0.102. The molecule has 0 unspecified atom stereocenters. The molecule has 3 rings (SSSR count). The molecule has 4 N–H and O–H groups in total. The molecule has 0 fully saturated rings. The maximum absolute atomic E-state index is 11.3. The van der Waals surface area contributed by atoms with Crippen LogP contribution in [0.25, 0.3) is 22.1 Å². The summed E-state index contributed by atoms with van der Waals surface area (Å²) >= 11 is -10.0. The molecule has 22 heavy (non-hydrogen) atoms. The molecule has 0 amide bonds. The number of fused-ring (bicyclic) bond motifs is 2. The third kappa shape index (κ3) is 2.90. The Morgan fingerprint density at radius 3 is 1.32 bits per heavy atom. The summed E-state index contributed by atoms with van der Waals surface area (Å²) in [5.41, 5.74) is 1.39. The summed E-state index contributed by atoms with van der Waals surface area (Å²) in [5, 5.41) is 0. The number of hydrogen-bond acceptors (Lipinski definition) is 4. The molecule has 8 nitrogen and oxygen atoms in total. The van der Waals surface area contributed by atoms with Crippen LogP contribution in [0.3, 0.4) is 0 Å². The van der Waals surface area contributed by atoms with Crippen LogP contribution in [-0.4, -0.2) is 54.7 Å². The van der Waals surface area contributed by atoms with Crippen molar-refractivity contribution in [3.8, 4) is 0 Å². The molecule has 0 radical (unpaired) electrons. The van der Waals surface area contributed by atoms with E-state index >= 15 is 0 Å². The molecule has 0 spiro atoms. The summed E-state index contributed by atoms with van der Waals surface area (Å²) in [6.45, 7) is 0. The Labute approximate surface area is 129 Å². The van der Waals surface area contributed by atoms with Crippen molar-refractivity contribution in [2.45, 2.75) is 0 Å². The van der Waals surface area contributed by atoms with Crippen LogP contribution in [0.1, 0.15) is 0 Å². The summed E-state index contributed by atoms with van der Waals surface area (Å²) < 4.78 is 59.3. The standard InChI is InChI=1S/C12H10As2N2O6/c17-13(18,19)7-1-3-9-11(5-7)16-10-4-2-8(14(20,21)22)6-12(10)15-9/h1-6H,(H2,17,18,19)(H2,20,21,22). The zero-order valence-corrected chi connectivity index (χ0v) is 14.6. The van der Waals surface area contributed by atoms with Crippen LogP contribution in [0.2, 0.25) is 0 Å². The third-order valence-electron chi connectivity index (χ3n) is 3.07. The van der Waals surface area contributed by atoms with Crippen LogP contribution >= 0.6 is 0 Å². The van der Waals surface area contributed by atoms with Crippen LogP contribution in [0.15, 0.2) is 36.4 Å². The first-order chi connectivity index (χ1) is 10.1. The van der Waals surface area contributed by atoms with E-state index in [0.717, 1.165) is 0 Å². The summed E-state index contributed by atoms with van der Waals surface area (Å²) in [5.74, 6) is 0. The second-order valence-corrected chi connectivity index (χ2v) is 11.4. The fourth-order valence-electron chi connectivity index (χ4n) is 2.01. The Hall–Kier alpha value is -1.40. The second kappa shape index (κ2) is 5.06. The zero-order valence-electron chi connectivity index (χ0n) is 10.9. The molecule has 0 saturated carbocycles. The van der Waals surface area contributed by atoms with E-state index in [-0.39, 0.29) is 8.70 Å². The first-order valence-corrected chi connectivity index (χ1v) is 12.7. The van der Waals surface area contributed by atoms with Crippen molar-refractivity contribution in [1.29, 1.82) is 0 Å². The predicted molar refractivity (Wildman–Crippen MR) is 78.1 cm³/mol. The van der Waals surface area contributed by atoms with E-state index in [2.05, 4.69) is 9.97 Å². The first kappa shape index (κ1) is 15.5. The fourth-order valence-corrected chi connectivity index (χ4v) is 4.36. The van der Waals surface area contributed by atoms with Crippen LogP contribution in [-0.2, 0) is 7.48 Å². The van der Waals surface area contributed by atoms with Crippen molar-refractivity contribution in [2.75, 3.05) is 0 Å². The van der Waals surface area contributed by atoms with Gasteiger partial charge in [0.15, 0.2) is 0 Å². The Bertz CT molecular complexity index is 912. The van der Waals surface area contributed by atoms with Gasteiger partial charge in [0.25, 0.3) is 0 Å². The summed E-state index contributed by atoms with van der Waals surface area (Å²) in [7, 11) is 0. The van der Waals surface area contributed by atoms with Gasteiger partial charge in [0.2, 0.25) is 0 Å². The summed E-state index contributed by atoms with van der Waals surface area (Å²) in [6, 6.07) is 7.96. The Balaban J connectivity index is 2.26. The number of hydrogen-bond donors (Lipinski definition) is 4. The van der Waals surface area contributed by atoms with Gasteiger partial charge >= 0.3 is 129 Å². The molecular formula is C12H10As2N2O6. The molecule has 0 atom stereocenters. The predicted octanol–water partition coefficient (Wildman–Crippen LogP) is -2.09. The van der Waals surface area contributed by atoms with E-state index in [4.69, 9.17) is 0 Å². The first-order valence-electron chi connectivity index (χ1n) is 5.98. The van der Waals surface area contributed by atoms with Gasteiger partial charge in [-0.2, -0.15) is 0 Å². The third-order valence-corrected chi connectivity index (χ3v) is 7.06. The van der Waals surface area contributed by atoms with Gasteiger partial charge in [-0.15, -0.1) is 0 Å². The second-order valence-electron chi connectivity index (χ2n) is 4.66. The Kier molecular flexibility index (Phi) is 3.56. The minimum atomic E-state index is -5.01. The van der Waals surface area contributed by atoms with Gasteiger partial charge in [-0.1, -0.05) is 0 Å². The molecule has 10 heteroatoms. The molecule has 3 aromatic rings. The summed E-state index contributed by atoms with van der Waals surface area (Å²) in [6.07, 6.45) is 0. The normalized spacial score (nSPS) is 12.9. The molecule has 0 aliphatic heterocycles. The molecule has 0 aliphatic rings. The van der Waals surface area contributed by atoms with Crippen LogP contribution < -0.4 is 8.70 Å². The van der Waals surface area contributed by atoms with E-state index < -0.39 is 28.3 Å². The summed E-state index contributed by atoms with van der Waals surface area (Å²) in [4.78, 5) is 8.47. The molecule has 2 aromatic carbocycles. The van der Waals surface area contributed by atoms with E-state index in [1.807, 2.05) is 0 Å². The van der Waals surface area contributed by atoms with Crippen LogP contribution in [0, 0.1) is 0 Å². The SMILES string of the molecule is O=[As](O)(O)c1ccc2nc3cc([As](=O)(O)O)ccc3nc2c1. The molecule has 0 aliphatic carbocycles. The molecule has 1 heterocycles. The molecule has 0 bridgehead atoms. The number of rotatable bonds is 2. The molecule has 0 saturated heterocycles. The zero-order chi connectivity index (χ0) is 16.1. The maximum atomic E-state index is 11.3. The van der Waals surface area contributed by atoms with Gasteiger partial charge < -0.3 is 0 Å². The van der Waals surface area contributed by atoms with E-state index in [0.29, 0.717) is 22.1 Å². The van der Waals surface area contributed by atoms with E-state index in [1.54, 1.807) is 0 Å². The van der Waals surface area contributed by atoms with Crippen molar-refractivity contribution in [2.24, 2.45) is 0 Å². The Morgan fingerprint density at radius 2 is 1.00 bits per heavy atom. The van der Waals surface area contributed by atoms with Gasteiger partial charge in [0.05, 0.1) is 0 Å². The molecule has 1 aromatic heterocycles. The number of aromatic nitrogens is 2. The van der Waals surface area contributed by atoms with Crippen molar-refractivity contribution in [3.63, 3.8) is 0 Å². The van der Waals surface area contributed by atoms with Crippen molar-refractivity contribution in [1.82, 2.24) is 9.97 Å². The van der Waals surface area contributed by atoms with Gasteiger partial charge in [-0.05, 0) is 0 Å².